The Balaban J connectivity index is 3.10. The molecule has 0 heterocycles. The summed E-state index contributed by atoms with van der Waals surface area (Å²) in [5.74, 6) is -0.157. The Kier molecular flexibility index (Phi) is 2.20. The lowest BCUT2D eigenvalue weighted by Crippen LogP contribution is -1.96. The number of benzene rings is 1. The van der Waals surface area contributed by atoms with Gasteiger partial charge < -0.3 is 11.5 Å². The molecule has 0 aromatic heterocycles. The standard InChI is InChI=1S/C9H11N3/c1-6(5-10)7-2-8(11)4-9(12)3-7/h2-4,6H,11-12H2,1H3. The lowest BCUT2D eigenvalue weighted by atomic mass is 10.0. The molecule has 0 saturated carbocycles. The maximum absolute atomic E-state index is 8.64. The van der Waals surface area contributed by atoms with Crippen LogP contribution in [0.3, 0.4) is 0 Å². The fourth-order valence-corrected chi connectivity index (χ4v) is 1.03. The van der Waals surface area contributed by atoms with Crippen LogP contribution < -0.4 is 11.5 Å². The van der Waals surface area contributed by atoms with Crippen LogP contribution in [0.1, 0.15) is 18.4 Å². The first-order valence-corrected chi connectivity index (χ1v) is 3.69. The average Bonchev–Trinajstić information content (AvgIpc) is 2.01. The highest BCUT2D eigenvalue weighted by Crippen LogP contribution is 2.20. The summed E-state index contributed by atoms with van der Waals surface area (Å²) < 4.78 is 0. The van der Waals surface area contributed by atoms with Gasteiger partial charge in [0.25, 0.3) is 0 Å². The first-order chi connectivity index (χ1) is 5.63. The van der Waals surface area contributed by atoms with E-state index in [2.05, 4.69) is 6.07 Å². The highest BCUT2D eigenvalue weighted by Gasteiger charge is 2.04. The summed E-state index contributed by atoms with van der Waals surface area (Å²) in [7, 11) is 0. The average molecular weight is 161 g/mol. The van der Waals surface area contributed by atoms with Crippen molar-refractivity contribution in [3.63, 3.8) is 0 Å². The number of nitriles is 1. The van der Waals surface area contributed by atoms with E-state index in [0.717, 1.165) is 5.56 Å². The number of nitrogens with two attached hydrogens (primary N) is 2. The van der Waals surface area contributed by atoms with Gasteiger partial charge in [0, 0.05) is 11.4 Å². The lowest BCUT2D eigenvalue weighted by molar-refractivity contribution is 0.983. The minimum absolute atomic E-state index is 0.157. The van der Waals surface area contributed by atoms with Crippen LogP contribution in [-0.2, 0) is 0 Å². The summed E-state index contributed by atoms with van der Waals surface area (Å²) >= 11 is 0. The van der Waals surface area contributed by atoms with Crippen molar-refractivity contribution in [2.45, 2.75) is 12.8 Å². The zero-order chi connectivity index (χ0) is 9.14. The minimum Gasteiger partial charge on any atom is -0.399 e. The number of hydrogen-bond acceptors (Lipinski definition) is 3. The number of anilines is 2. The highest BCUT2D eigenvalue weighted by molar-refractivity contribution is 5.55. The van der Waals surface area contributed by atoms with Gasteiger partial charge in [-0.3, -0.25) is 0 Å². The first-order valence-electron chi connectivity index (χ1n) is 3.69. The third kappa shape index (κ3) is 1.67. The van der Waals surface area contributed by atoms with E-state index in [1.807, 2.05) is 6.92 Å². The molecule has 1 atom stereocenters. The Labute approximate surface area is 71.6 Å². The molecule has 0 aliphatic heterocycles. The number of nitrogen functional groups attached to an aromatic ring is 2. The van der Waals surface area contributed by atoms with Crippen LogP contribution in [0.15, 0.2) is 18.2 Å². The fraction of sp³-hybridized carbons (Fsp3) is 0.222. The summed E-state index contributed by atoms with van der Waals surface area (Å²) in [6.07, 6.45) is 0. The molecule has 0 spiro atoms. The van der Waals surface area contributed by atoms with Crippen molar-refractivity contribution in [2.75, 3.05) is 11.5 Å². The number of rotatable bonds is 1. The Morgan fingerprint density at radius 1 is 1.25 bits per heavy atom. The molecule has 3 nitrogen and oxygen atoms in total. The van der Waals surface area contributed by atoms with E-state index >= 15 is 0 Å². The van der Waals surface area contributed by atoms with Crippen LogP contribution in [0, 0.1) is 11.3 Å². The SMILES string of the molecule is CC(C#N)c1cc(N)cc(N)c1. The normalized spacial score (nSPS) is 12.0. The third-order valence-corrected chi connectivity index (χ3v) is 1.69. The molecule has 0 fully saturated rings. The van der Waals surface area contributed by atoms with Crippen LogP contribution in [0.25, 0.3) is 0 Å². The van der Waals surface area contributed by atoms with Crippen LogP contribution in [0.5, 0.6) is 0 Å². The molecule has 12 heavy (non-hydrogen) atoms. The van der Waals surface area contributed by atoms with Crippen LogP contribution in [-0.4, -0.2) is 0 Å². The molecule has 1 rings (SSSR count). The van der Waals surface area contributed by atoms with Gasteiger partial charge in [0.05, 0.1) is 12.0 Å². The van der Waals surface area contributed by atoms with Crippen molar-refractivity contribution >= 4 is 11.4 Å². The van der Waals surface area contributed by atoms with Gasteiger partial charge in [-0.25, -0.2) is 0 Å². The summed E-state index contributed by atoms with van der Waals surface area (Å²) in [5.41, 5.74) is 13.2. The first kappa shape index (κ1) is 8.41. The molecule has 62 valence electrons. The molecular weight excluding hydrogens is 150 g/mol. The Bertz CT molecular complexity index is 305. The van der Waals surface area contributed by atoms with Crippen molar-refractivity contribution in [1.29, 1.82) is 5.26 Å². The molecule has 0 amide bonds. The van der Waals surface area contributed by atoms with Gasteiger partial charge in [-0.2, -0.15) is 5.26 Å². The van der Waals surface area contributed by atoms with E-state index in [9.17, 15) is 0 Å². The van der Waals surface area contributed by atoms with Crippen molar-refractivity contribution in [2.24, 2.45) is 0 Å². The molecular formula is C9H11N3. The third-order valence-electron chi connectivity index (χ3n) is 1.69. The Morgan fingerprint density at radius 3 is 2.17 bits per heavy atom. The Hall–Kier alpha value is -1.69. The largest absolute Gasteiger partial charge is 0.399 e. The monoisotopic (exact) mass is 161 g/mol. The van der Waals surface area contributed by atoms with E-state index in [1.54, 1.807) is 18.2 Å². The van der Waals surface area contributed by atoms with E-state index in [1.165, 1.54) is 0 Å². The zero-order valence-electron chi connectivity index (χ0n) is 6.91. The summed E-state index contributed by atoms with van der Waals surface area (Å²) in [5, 5.41) is 8.64. The molecule has 1 aromatic carbocycles. The molecule has 0 aliphatic rings. The molecule has 0 bridgehead atoms. The molecule has 4 N–H and O–H groups in total. The van der Waals surface area contributed by atoms with Crippen molar-refractivity contribution < 1.29 is 0 Å². The summed E-state index contributed by atoms with van der Waals surface area (Å²) in [6, 6.07) is 7.33. The molecule has 0 radical (unpaired) electrons. The van der Waals surface area contributed by atoms with Gasteiger partial charge >= 0.3 is 0 Å². The van der Waals surface area contributed by atoms with Gasteiger partial charge in [-0.1, -0.05) is 0 Å². The number of hydrogen-bond donors (Lipinski definition) is 2. The van der Waals surface area contributed by atoms with Crippen LogP contribution in [0.2, 0.25) is 0 Å². The second-order valence-electron chi connectivity index (χ2n) is 2.78. The molecule has 0 aliphatic carbocycles. The van der Waals surface area contributed by atoms with Gasteiger partial charge in [-0.15, -0.1) is 0 Å². The van der Waals surface area contributed by atoms with E-state index < -0.39 is 0 Å². The second-order valence-corrected chi connectivity index (χ2v) is 2.78. The predicted molar refractivity (Wildman–Crippen MR) is 49.3 cm³/mol. The topological polar surface area (TPSA) is 75.8 Å². The van der Waals surface area contributed by atoms with E-state index in [0.29, 0.717) is 11.4 Å². The maximum atomic E-state index is 8.64. The summed E-state index contributed by atoms with van der Waals surface area (Å²) in [4.78, 5) is 0. The van der Waals surface area contributed by atoms with Crippen LogP contribution in [0.4, 0.5) is 11.4 Å². The molecule has 1 unspecified atom stereocenters. The minimum atomic E-state index is -0.157. The van der Waals surface area contributed by atoms with E-state index in [-0.39, 0.29) is 5.92 Å². The van der Waals surface area contributed by atoms with Gasteiger partial charge in [0.2, 0.25) is 0 Å². The lowest BCUT2D eigenvalue weighted by Gasteiger charge is -2.05. The maximum Gasteiger partial charge on any atom is 0.0700 e. The molecule has 1 aromatic rings. The highest BCUT2D eigenvalue weighted by atomic mass is 14.6. The second kappa shape index (κ2) is 3.14. The smallest absolute Gasteiger partial charge is 0.0700 e. The van der Waals surface area contributed by atoms with Crippen molar-refractivity contribution in [1.82, 2.24) is 0 Å². The van der Waals surface area contributed by atoms with Gasteiger partial charge in [0.1, 0.15) is 0 Å². The van der Waals surface area contributed by atoms with Crippen LogP contribution >= 0.6 is 0 Å². The van der Waals surface area contributed by atoms with Gasteiger partial charge in [-0.05, 0) is 30.7 Å². The van der Waals surface area contributed by atoms with Gasteiger partial charge in [0.15, 0.2) is 0 Å². The molecule has 3 heteroatoms. The summed E-state index contributed by atoms with van der Waals surface area (Å²) in [6.45, 7) is 1.81. The molecule has 0 saturated heterocycles. The predicted octanol–water partition coefficient (Wildman–Crippen LogP) is 1.48. The number of nitrogens with zero attached hydrogens (tertiary/aromatic N) is 1. The Morgan fingerprint density at radius 2 is 1.75 bits per heavy atom. The fourth-order valence-electron chi connectivity index (χ4n) is 1.03. The zero-order valence-corrected chi connectivity index (χ0v) is 6.91. The van der Waals surface area contributed by atoms with E-state index in [4.69, 9.17) is 16.7 Å². The van der Waals surface area contributed by atoms with Crippen molar-refractivity contribution in [3.05, 3.63) is 23.8 Å². The quantitative estimate of drug-likeness (QED) is 0.612. The van der Waals surface area contributed by atoms with Crippen molar-refractivity contribution in [3.8, 4) is 6.07 Å².